The minimum Gasteiger partial charge on any atom is -0.456 e. The summed E-state index contributed by atoms with van der Waals surface area (Å²) in [6, 6.07) is 22.9. The van der Waals surface area contributed by atoms with Crippen molar-refractivity contribution in [1.29, 1.82) is 0 Å². The second-order valence-corrected chi connectivity index (χ2v) is 21.9. The molecule has 1 aliphatic heterocycles. The number of amides is 1. The SMILES string of the molecule is CC(=O)O[C@H]1C(=O)[C@@]2(C)[C@H]([C@H](OC(=O)c3ccccc3)[C@]3(O)C[C@H](OC(=O)[C@H](O)[C@@H](NC(=O)c4ccccc4)c4ccccc4)C(C)=C1C3(C)C)[C@]1(OC(C)=O)CO[C@@H]1C[C@@H]2O.C[N+](C)(C)CCOP(=O)(O)O. The predicted molar refractivity (Wildman–Crippen MR) is 259 cm³/mol. The summed E-state index contributed by atoms with van der Waals surface area (Å²) >= 11 is 0. The van der Waals surface area contributed by atoms with Crippen LogP contribution in [0.25, 0.3) is 0 Å². The zero-order valence-corrected chi connectivity index (χ0v) is 43.1. The predicted octanol–water partition coefficient (Wildman–Crippen LogP) is 3.54. The van der Waals surface area contributed by atoms with Crippen LogP contribution in [0.4, 0.5) is 0 Å². The van der Waals surface area contributed by atoms with E-state index >= 15 is 4.79 Å². The van der Waals surface area contributed by atoms with Gasteiger partial charge in [-0.3, -0.25) is 23.7 Å². The first-order valence-electron chi connectivity index (χ1n) is 23.7. The van der Waals surface area contributed by atoms with Gasteiger partial charge in [0.2, 0.25) is 0 Å². The average molecular weight is 1040 g/mol. The van der Waals surface area contributed by atoms with Gasteiger partial charge in [-0.15, -0.1) is 0 Å². The number of nitrogens with one attached hydrogen (secondary N) is 1. The zero-order chi connectivity index (χ0) is 54.1. The van der Waals surface area contributed by atoms with Crippen LogP contribution in [0.3, 0.4) is 0 Å². The first-order valence-corrected chi connectivity index (χ1v) is 25.2. The summed E-state index contributed by atoms with van der Waals surface area (Å²) < 4.78 is 45.3. The third-order valence-electron chi connectivity index (χ3n) is 14.5. The van der Waals surface area contributed by atoms with Gasteiger partial charge >= 0.3 is 31.7 Å². The number of aliphatic hydroxyl groups excluding tert-OH is 2. The van der Waals surface area contributed by atoms with Crippen molar-refractivity contribution in [2.45, 2.75) is 108 Å². The van der Waals surface area contributed by atoms with Crippen molar-refractivity contribution in [2.75, 3.05) is 40.9 Å². The highest BCUT2D eigenvalue weighted by molar-refractivity contribution is 7.46. The van der Waals surface area contributed by atoms with E-state index in [0.29, 0.717) is 16.6 Å². The van der Waals surface area contributed by atoms with Gasteiger partial charge in [0.25, 0.3) is 5.91 Å². The van der Waals surface area contributed by atoms with Crippen molar-refractivity contribution < 1.29 is 91.1 Å². The van der Waals surface area contributed by atoms with Gasteiger partial charge in [-0.1, -0.05) is 80.6 Å². The lowest BCUT2D eigenvalue weighted by Gasteiger charge is -2.67. The number of aliphatic hydroxyl groups is 3. The highest BCUT2D eigenvalue weighted by atomic mass is 31.2. The summed E-state index contributed by atoms with van der Waals surface area (Å²) in [5, 5.41) is 40.2. The molecule has 1 amide bonds. The van der Waals surface area contributed by atoms with Crippen LogP contribution in [-0.4, -0.2) is 154 Å². The van der Waals surface area contributed by atoms with Gasteiger partial charge in [0.1, 0.15) is 37.1 Å². The fourth-order valence-corrected chi connectivity index (χ4v) is 10.9. The highest BCUT2D eigenvalue weighted by Crippen LogP contribution is 2.64. The van der Waals surface area contributed by atoms with Crippen molar-refractivity contribution in [2.24, 2.45) is 16.7 Å². The molecule has 3 fully saturated rings. The maximum absolute atomic E-state index is 15.5. The van der Waals surface area contributed by atoms with Crippen LogP contribution < -0.4 is 5.32 Å². The van der Waals surface area contributed by atoms with Crippen molar-refractivity contribution in [1.82, 2.24) is 5.32 Å². The lowest BCUT2D eigenvalue weighted by atomic mass is 9.44. The van der Waals surface area contributed by atoms with Crippen LogP contribution in [0.5, 0.6) is 0 Å². The number of phosphoric ester groups is 1. The fraction of sp³-hybridized carbons (Fsp3) is 0.500. The molecule has 7 rings (SSSR count). The van der Waals surface area contributed by atoms with E-state index in [1.165, 1.54) is 26.0 Å². The Morgan fingerprint density at radius 1 is 0.849 bits per heavy atom. The number of hydrogen-bond donors (Lipinski definition) is 6. The maximum Gasteiger partial charge on any atom is 0.469 e. The topological polar surface area (TPSA) is 288 Å². The van der Waals surface area contributed by atoms with Crippen LogP contribution in [0.1, 0.15) is 86.7 Å². The highest BCUT2D eigenvalue weighted by Gasteiger charge is 2.78. The molecular weight excluding hydrogens is 972 g/mol. The number of carbonyl (C=O) groups is 6. The molecule has 1 heterocycles. The number of nitrogens with zero attached hydrogens (tertiary/aromatic N) is 1. The molecule has 2 saturated carbocycles. The number of ketones is 1. The van der Waals surface area contributed by atoms with Crippen molar-refractivity contribution in [3.63, 3.8) is 0 Å². The number of Topliss-reactive ketones (excluding diaryl/α,β-unsaturated/α-hetero) is 1. The average Bonchev–Trinajstić information content (AvgIpc) is 3.31. The van der Waals surface area contributed by atoms with Crippen LogP contribution >= 0.6 is 7.82 Å². The number of esters is 4. The standard InChI is InChI=1S/C47H51NO14.C5H14NO4P/c1-25-31(60-43(56)36(52)35(28-16-10-7-11-17-28)48-41(54)29-18-12-8-13-19-29)23-47(57)40(61-42(55)30-20-14-9-15-21-30)38-45(6,32(51)22-33-46(38,24-58-33)62-27(3)50)39(53)37(59-26(2)49)34(25)44(47,4)5;1-6(2,3)4-5-10-11(7,8)9/h7-21,31-33,35-38,40,51-52,57H,22-24H2,1-6H3,(H,48,54);4-5H2,1-3H3,(H-,7,8,9)/p+1/t31-,32-,33+,35-,36+,37+,38-,40-,45+,46-,47+;/m0./s1. The normalized spacial score (nSPS) is 29.1. The molecule has 21 heteroatoms. The maximum atomic E-state index is 15.5. The Morgan fingerprint density at radius 3 is 1.92 bits per heavy atom. The summed E-state index contributed by atoms with van der Waals surface area (Å²) in [7, 11) is 1.50. The Hall–Kier alpha value is -5.67. The van der Waals surface area contributed by atoms with Crippen LogP contribution in [0.2, 0.25) is 0 Å². The van der Waals surface area contributed by atoms with Crippen LogP contribution in [0, 0.1) is 16.7 Å². The van der Waals surface area contributed by atoms with E-state index in [1.807, 2.05) is 21.1 Å². The smallest absolute Gasteiger partial charge is 0.456 e. The Kier molecular flexibility index (Phi) is 16.8. The number of rotatable bonds is 14. The van der Waals surface area contributed by atoms with Crippen LogP contribution in [-0.2, 0) is 52.0 Å². The summed E-state index contributed by atoms with van der Waals surface area (Å²) in [5.41, 5.74) is -7.02. The largest absolute Gasteiger partial charge is 0.469 e. The van der Waals surface area contributed by atoms with E-state index < -0.39 is 120 Å². The monoisotopic (exact) mass is 1040 g/mol. The van der Waals surface area contributed by atoms with E-state index in [9.17, 15) is 43.9 Å². The summed E-state index contributed by atoms with van der Waals surface area (Å²) in [6.45, 7) is 8.63. The minimum atomic E-state index is -4.26. The first-order chi connectivity index (χ1) is 34.0. The molecule has 0 spiro atoms. The molecule has 0 aromatic heterocycles. The molecule has 20 nitrogen and oxygen atoms in total. The third-order valence-corrected chi connectivity index (χ3v) is 15.0. The molecular formula is C52H66N2O18P+. The quantitative estimate of drug-likeness (QED) is 0.0443. The van der Waals surface area contributed by atoms with Crippen molar-refractivity contribution >= 4 is 43.4 Å². The number of phosphoric acid groups is 1. The fourth-order valence-electron chi connectivity index (χ4n) is 10.6. The molecule has 1 saturated heterocycles. The van der Waals surface area contributed by atoms with E-state index in [1.54, 1.807) is 92.7 Å². The molecule has 2 bridgehead atoms. The molecule has 3 aliphatic carbocycles. The van der Waals surface area contributed by atoms with Gasteiger partial charge in [-0.25, -0.2) is 14.2 Å². The van der Waals surface area contributed by atoms with Gasteiger partial charge < -0.3 is 58.6 Å². The zero-order valence-electron chi connectivity index (χ0n) is 42.3. The second kappa shape index (κ2) is 21.7. The van der Waals surface area contributed by atoms with Gasteiger partial charge in [0.15, 0.2) is 23.6 Å². The number of ether oxygens (including phenoxy) is 5. The van der Waals surface area contributed by atoms with Gasteiger partial charge in [-0.05, 0) is 54.8 Å². The number of fused-ring (bicyclic) bond motifs is 5. The summed E-state index contributed by atoms with van der Waals surface area (Å²) in [6.07, 6.45) is -10.5. The molecule has 6 N–H and O–H groups in total. The molecule has 396 valence electrons. The number of hydrogen-bond acceptors (Lipinski definition) is 16. The van der Waals surface area contributed by atoms with Crippen molar-refractivity contribution in [3.05, 3.63) is 119 Å². The van der Waals surface area contributed by atoms with E-state index in [0.717, 1.165) is 13.8 Å². The molecule has 0 radical (unpaired) electrons. The lowest BCUT2D eigenvalue weighted by Crippen LogP contribution is -2.82. The molecule has 0 unspecified atom stereocenters. The minimum absolute atomic E-state index is 0.00289. The summed E-state index contributed by atoms with van der Waals surface area (Å²) in [5.74, 6) is -6.84. The molecule has 3 aromatic rings. The second-order valence-electron chi connectivity index (χ2n) is 20.7. The number of carbonyl (C=O) groups excluding carboxylic acids is 6. The summed E-state index contributed by atoms with van der Waals surface area (Å²) in [4.78, 5) is 100. The molecule has 73 heavy (non-hydrogen) atoms. The number of likely N-dealkylation sites (N-methyl/N-ethyl adjacent to an activating group) is 1. The first kappa shape index (κ1) is 56.6. The molecule has 3 aromatic carbocycles. The Morgan fingerprint density at radius 2 is 1.41 bits per heavy atom. The van der Waals surface area contributed by atoms with E-state index in [2.05, 4.69) is 9.84 Å². The Balaban J connectivity index is 0.000000707. The number of quaternary nitrogens is 1. The van der Waals surface area contributed by atoms with Crippen LogP contribution in [0.15, 0.2) is 102 Å². The Bertz CT molecular complexity index is 2620. The van der Waals surface area contributed by atoms with Gasteiger partial charge in [-0.2, -0.15) is 0 Å². The van der Waals surface area contributed by atoms with Crippen molar-refractivity contribution in [3.8, 4) is 0 Å². The van der Waals surface area contributed by atoms with Gasteiger partial charge in [0, 0.05) is 37.7 Å². The number of benzene rings is 3. The molecule has 11 atom stereocenters. The van der Waals surface area contributed by atoms with Gasteiger partial charge in [0.05, 0.1) is 56.8 Å². The van der Waals surface area contributed by atoms with E-state index in [-0.39, 0.29) is 41.9 Å². The third kappa shape index (κ3) is 11.7. The van der Waals surface area contributed by atoms with E-state index in [4.69, 9.17) is 33.5 Å². The Labute approximate surface area is 423 Å². The molecule has 4 aliphatic rings. The lowest BCUT2D eigenvalue weighted by molar-refractivity contribution is -0.870.